The maximum atomic E-state index is 5.66. The topological polar surface area (TPSA) is 53.9 Å². The molecule has 3 rings (SSSR count). The highest BCUT2D eigenvalue weighted by atomic mass is 127. The summed E-state index contributed by atoms with van der Waals surface area (Å²) in [6.45, 7) is 4.75. The minimum Gasteiger partial charge on any atom is -0.460 e. The van der Waals surface area contributed by atoms with Crippen LogP contribution < -0.4 is 5.32 Å². The molecule has 2 N–H and O–H groups in total. The Morgan fingerprint density at radius 2 is 2.10 bits per heavy atom. The zero-order chi connectivity index (χ0) is 14.8. The fourth-order valence-electron chi connectivity index (χ4n) is 2.13. The van der Waals surface area contributed by atoms with Crippen LogP contribution in [-0.4, -0.2) is 10.2 Å². The third-order valence-electron chi connectivity index (χ3n) is 3.36. The highest BCUT2D eigenvalue weighted by Gasteiger charge is 2.11. The van der Waals surface area contributed by atoms with Crippen LogP contribution in [0.4, 0.5) is 5.69 Å². The Balaban J connectivity index is 1.77. The van der Waals surface area contributed by atoms with Crippen molar-refractivity contribution in [3.05, 3.63) is 57.0 Å². The second kappa shape index (κ2) is 5.93. The molecule has 2 aromatic heterocycles. The van der Waals surface area contributed by atoms with Crippen molar-refractivity contribution in [2.75, 3.05) is 5.32 Å². The smallest absolute Gasteiger partial charge is 0.152 e. The molecule has 0 aliphatic heterocycles. The molecule has 0 aliphatic rings. The van der Waals surface area contributed by atoms with Gasteiger partial charge in [-0.05, 0) is 66.3 Å². The zero-order valence-corrected chi connectivity index (χ0v) is 14.1. The number of anilines is 1. The van der Waals surface area contributed by atoms with Crippen LogP contribution in [0.1, 0.15) is 16.9 Å². The molecule has 0 atom stereocenters. The van der Waals surface area contributed by atoms with Crippen molar-refractivity contribution in [1.29, 1.82) is 0 Å². The van der Waals surface area contributed by atoms with Crippen LogP contribution in [0.5, 0.6) is 0 Å². The van der Waals surface area contributed by atoms with Gasteiger partial charge in [-0.15, -0.1) is 0 Å². The van der Waals surface area contributed by atoms with E-state index >= 15 is 0 Å². The summed E-state index contributed by atoms with van der Waals surface area (Å²) in [6, 6.07) is 10.3. The zero-order valence-electron chi connectivity index (χ0n) is 11.9. The van der Waals surface area contributed by atoms with Crippen LogP contribution in [0.2, 0.25) is 0 Å². The second-order valence-corrected chi connectivity index (χ2v) is 6.16. The van der Waals surface area contributed by atoms with E-state index in [2.05, 4.69) is 63.2 Å². The molecule has 0 aliphatic carbocycles. The van der Waals surface area contributed by atoms with Crippen molar-refractivity contribution in [1.82, 2.24) is 10.2 Å². The molecule has 0 saturated carbocycles. The van der Waals surface area contributed by atoms with Crippen molar-refractivity contribution in [3.63, 3.8) is 0 Å². The molecule has 0 fully saturated rings. The van der Waals surface area contributed by atoms with Crippen molar-refractivity contribution in [2.45, 2.75) is 20.4 Å². The lowest BCUT2D eigenvalue weighted by molar-refractivity contribution is 0.545. The third-order valence-corrected chi connectivity index (χ3v) is 4.52. The fourth-order valence-corrected chi connectivity index (χ4v) is 2.64. The minimum absolute atomic E-state index is 0.699. The average molecular weight is 393 g/mol. The predicted octanol–water partition coefficient (Wildman–Crippen LogP) is 4.50. The summed E-state index contributed by atoms with van der Waals surface area (Å²) in [5.74, 6) is 1.71. The molecule has 0 spiro atoms. The molecule has 5 heteroatoms. The Hall–Kier alpha value is -1.76. The molecule has 0 bridgehead atoms. The Morgan fingerprint density at radius 1 is 1.24 bits per heavy atom. The van der Waals surface area contributed by atoms with Crippen LogP contribution >= 0.6 is 22.6 Å². The Morgan fingerprint density at radius 3 is 2.81 bits per heavy atom. The van der Waals surface area contributed by atoms with Gasteiger partial charge >= 0.3 is 0 Å². The van der Waals surface area contributed by atoms with E-state index in [-0.39, 0.29) is 0 Å². The first-order chi connectivity index (χ1) is 10.1. The maximum absolute atomic E-state index is 5.66. The molecule has 2 heterocycles. The molecule has 1 aromatic carbocycles. The van der Waals surface area contributed by atoms with E-state index in [1.807, 2.05) is 25.3 Å². The van der Waals surface area contributed by atoms with Gasteiger partial charge in [-0.25, -0.2) is 0 Å². The summed E-state index contributed by atoms with van der Waals surface area (Å²) < 4.78 is 6.91. The maximum Gasteiger partial charge on any atom is 0.152 e. The summed E-state index contributed by atoms with van der Waals surface area (Å²) in [6.07, 6.45) is 1.83. The van der Waals surface area contributed by atoms with Crippen molar-refractivity contribution in [2.24, 2.45) is 0 Å². The molecule has 3 aromatic rings. The third kappa shape index (κ3) is 3.12. The number of nitrogens with zero attached hydrogens (tertiary/aromatic N) is 1. The number of aryl methyl sites for hydroxylation is 2. The summed E-state index contributed by atoms with van der Waals surface area (Å²) in [5.41, 5.74) is 4.40. The first kappa shape index (κ1) is 14.2. The van der Waals surface area contributed by atoms with Gasteiger partial charge in [-0.3, -0.25) is 5.10 Å². The first-order valence-electron chi connectivity index (χ1n) is 6.72. The van der Waals surface area contributed by atoms with Gasteiger partial charge in [0.1, 0.15) is 11.5 Å². The molecule has 0 saturated heterocycles. The number of aromatic nitrogens is 2. The summed E-state index contributed by atoms with van der Waals surface area (Å²) in [5, 5.41) is 10.6. The number of hydrogen-bond acceptors (Lipinski definition) is 3. The minimum atomic E-state index is 0.699. The normalized spacial score (nSPS) is 10.8. The molecule has 0 unspecified atom stereocenters. The van der Waals surface area contributed by atoms with Crippen molar-refractivity contribution in [3.8, 4) is 11.5 Å². The lowest BCUT2D eigenvalue weighted by atomic mass is 10.2. The van der Waals surface area contributed by atoms with Crippen LogP contribution in [0.15, 0.2) is 40.9 Å². The van der Waals surface area contributed by atoms with Gasteiger partial charge in [0.2, 0.25) is 0 Å². The first-order valence-corrected chi connectivity index (χ1v) is 7.80. The van der Waals surface area contributed by atoms with Gasteiger partial charge in [-0.2, -0.15) is 5.10 Å². The van der Waals surface area contributed by atoms with Crippen LogP contribution in [0.25, 0.3) is 11.5 Å². The monoisotopic (exact) mass is 393 g/mol. The highest BCUT2D eigenvalue weighted by molar-refractivity contribution is 14.1. The average Bonchev–Trinajstić information content (AvgIpc) is 3.08. The fraction of sp³-hybridized carbons (Fsp3) is 0.188. The molecule has 0 amide bonds. The summed E-state index contributed by atoms with van der Waals surface area (Å²) >= 11 is 2.35. The molecule has 0 radical (unpaired) electrons. The van der Waals surface area contributed by atoms with E-state index in [0.29, 0.717) is 6.54 Å². The number of rotatable bonds is 4. The predicted molar refractivity (Wildman–Crippen MR) is 92.2 cm³/mol. The Kier molecular flexibility index (Phi) is 4.01. The number of furan rings is 1. The SMILES string of the molecule is Cc1ccc(-c2[nH]ncc2CNc2ccc(C)c(I)c2)o1. The molecule has 4 nitrogen and oxygen atoms in total. The number of H-pyrrole nitrogens is 1. The van der Waals surface area contributed by atoms with Crippen molar-refractivity contribution < 1.29 is 4.42 Å². The number of aromatic amines is 1. The number of halogens is 1. The number of nitrogens with one attached hydrogen (secondary N) is 2. The van der Waals surface area contributed by atoms with Gasteiger partial charge in [0.25, 0.3) is 0 Å². The number of benzene rings is 1. The van der Waals surface area contributed by atoms with Gasteiger partial charge < -0.3 is 9.73 Å². The standard InChI is InChI=1S/C16H16IN3O/c1-10-3-5-13(7-14(10)17)18-8-12-9-19-20-16(12)15-6-4-11(2)21-15/h3-7,9,18H,8H2,1-2H3,(H,19,20). The lowest BCUT2D eigenvalue weighted by Gasteiger charge is -2.08. The van der Waals surface area contributed by atoms with Crippen molar-refractivity contribution >= 4 is 28.3 Å². The van der Waals surface area contributed by atoms with Gasteiger partial charge in [-0.1, -0.05) is 6.07 Å². The van der Waals surface area contributed by atoms with Crippen LogP contribution in [0, 0.1) is 17.4 Å². The molecule has 108 valence electrons. The van der Waals surface area contributed by atoms with E-state index in [9.17, 15) is 0 Å². The van der Waals surface area contributed by atoms with Gasteiger partial charge in [0, 0.05) is 21.4 Å². The van der Waals surface area contributed by atoms with Gasteiger partial charge in [0.15, 0.2) is 5.76 Å². The molecule has 21 heavy (non-hydrogen) atoms. The van der Waals surface area contributed by atoms with E-state index in [1.54, 1.807) is 0 Å². The Labute approximate surface area is 137 Å². The highest BCUT2D eigenvalue weighted by Crippen LogP contribution is 2.24. The lowest BCUT2D eigenvalue weighted by Crippen LogP contribution is -2.00. The molecular weight excluding hydrogens is 377 g/mol. The molecular formula is C16H16IN3O. The van der Waals surface area contributed by atoms with Crippen LogP contribution in [0.3, 0.4) is 0 Å². The Bertz CT molecular complexity index is 760. The largest absolute Gasteiger partial charge is 0.460 e. The summed E-state index contributed by atoms with van der Waals surface area (Å²) in [4.78, 5) is 0. The van der Waals surface area contributed by atoms with E-state index in [0.717, 1.165) is 28.5 Å². The van der Waals surface area contributed by atoms with Crippen LogP contribution in [-0.2, 0) is 6.54 Å². The van der Waals surface area contributed by atoms with E-state index in [1.165, 1.54) is 9.13 Å². The van der Waals surface area contributed by atoms with Gasteiger partial charge in [0.05, 0.1) is 6.20 Å². The summed E-state index contributed by atoms with van der Waals surface area (Å²) in [7, 11) is 0. The van der Waals surface area contributed by atoms with E-state index < -0.39 is 0 Å². The van der Waals surface area contributed by atoms with E-state index in [4.69, 9.17) is 4.42 Å². The second-order valence-electron chi connectivity index (χ2n) is 5.00. The number of hydrogen-bond donors (Lipinski definition) is 2. The quantitative estimate of drug-likeness (QED) is 0.642.